The summed E-state index contributed by atoms with van der Waals surface area (Å²) in [5.41, 5.74) is 1.76. The number of amides is 1. The summed E-state index contributed by atoms with van der Waals surface area (Å²) in [6.45, 7) is 5.63. The number of carboxylic acid groups (broad SMARTS) is 1. The third kappa shape index (κ3) is 4.89. The van der Waals surface area contributed by atoms with E-state index in [1.54, 1.807) is 6.92 Å². The predicted octanol–water partition coefficient (Wildman–Crippen LogP) is 3.27. The molecule has 2 rings (SSSR count). The lowest BCUT2D eigenvalue weighted by Gasteiger charge is -2.15. The second-order valence-corrected chi connectivity index (χ2v) is 7.26. The summed E-state index contributed by atoms with van der Waals surface area (Å²) >= 11 is 1.32. The van der Waals surface area contributed by atoms with Gasteiger partial charge in [-0.1, -0.05) is 44.2 Å². The molecule has 0 saturated carbocycles. The molecule has 1 amide bonds. The second kappa shape index (κ2) is 8.06. The van der Waals surface area contributed by atoms with Crippen molar-refractivity contribution in [2.24, 2.45) is 5.92 Å². The van der Waals surface area contributed by atoms with Gasteiger partial charge in [0.2, 0.25) is 0 Å². The molecule has 1 aromatic heterocycles. The van der Waals surface area contributed by atoms with Crippen LogP contribution in [-0.4, -0.2) is 28.0 Å². The van der Waals surface area contributed by atoms with Crippen molar-refractivity contribution < 1.29 is 14.7 Å². The van der Waals surface area contributed by atoms with Gasteiger partial charge in [0.25, 0.3) is 5.91 Å². The third-order valence-corrected chi connectivity index (χ3v) is 4.71. The molecule has 0 saturated heterocycles. The Bertz CT molecular complexity index is 710. The number of nitrogens with one attached hydrogen (secondary N) is 1. The van der Waals surface area contributed by atoms with Gasteiger partial charge < -0.3 is 10.4 Å². The molecule has 6 heteroatoms. The number of benzene rings is 1. The zero-order valence-electron chi connectivity index (χ0n) is 14.1. The Morgan fingerprint density at radius 3 is 2.50 bits per heavy atom. The minimum atomic E-state index is -1.01. The fourth-order valence-corrected chi connectivity index (χ4v) is 3.43. The summed E-state index contributed by atoms with van der Waals surface area (Å²) in [6.07, 6.45) is 1.06. The van der Waals surface area contributed by atoms with E-state index in [-0.39, 0.29) is 11.8 Å². The van der Waals surface area contributed by atoms with Gasteiger partial charge in [-0.15, -0.1) is 11.3 Å². The van der Waals surface area contributed by atoms with Crippen LogP contribution in [0.1, 0.15) is 46.2 Å². The van der Waals surface area contributed by atoms with Crippen LogP contribution in [0.4, 0.5) is 0 Å². The van der Waals surface area contributed by atoms with Crippen LogP contribution in [0.2, 0.25) is 0 Å². The van der Waals surface area contributed by atoms with Crippen LogP contribution < -0.4 is 5.32 Å². The highest BCUT2D eigenvalue weighted by Gasteiger charge is 2.24. The van der Waals surface area contributed by atoms with E-state index in [4.69, 9.17) is 0 Å². The number of thiazole rings is 1. The Balaban J connectivity index is 2.10. The number of carbonyl (C=O) groups is 2. The van der Waals surface area contributed by atoms with Crippen molar-refractivity contribution >= 4 is 23.2 Å². The van der Waals surface area contributed by atoms with Crippen LogP contribution in [0.3, 0.4) is 0 Å². The Morgan fingerprint density at radius 1 is 1.25 bits per heavy atom. The molecule has 0 fully saturated rings. The molecule has 0 bridgehead atoms. The van der Waals surface area contributed by atoms with Crippen molar-refractivity contribution in [1.82, 2.24) is 10.3 Å². The predicted molar refractivity (Wildman–Crippen MR) is 94.4 cm³/mol. The van der Waals surface area contributed by atoms with Crippen LogP contribution in [0.15, 0.2) is 30.3 Å². The summed E-state index contributed by atoms with van der Waals surface area (Å²) in [5, 5.41) is 12.7. The molecule has 2 aromatic rings. The van der Waals surface area contributed by atoms with E-state index in [0.29, 0.717) is 23.4 Å². The minimum absolute atomic E-state index is 0.183. The summed E-state index contributed by atoms with van der Waals surface area (Å²) in [6, 6.07) is 9.03. The molecule has 1 aromatic carbocycles. The smallest absolute Gasteiger partial charge is 0.326 e. The van der Waals surface area contributed by atoms with Crippen molar-refractivity contribution in [3.8, 4) is 0 Å². The molecule has 0 unspecified atom stereocenters. The minimum Gasteiger partial charge on any atom is -0.480 e. The number of carboxylic acids is 1. The monoisotopic (exact) mass is 346 g/mol. The topological polar surface area (TPSA) is 79.3 Å². The Hall–Kier alpha value is -2.21. The van der Waals surface area contributed by atoms with Crippen molar-refractivity contribution in [1.29, 1.82) is 0 Å². The van der Waals surface area contributed by atoms with Gasteiger partial charge in [-0.2, -0.15) is 0 Å². The summed E-state index contributed by atoms with van der Waals surface area (Å²) in [7, 11) is 0. The molecule has 1 heterocycles. The van der Waals surface area contributed by atoms with E-state index in [0.717, 1.165) is 10.6 Å². The SMILES string of the molecule is Cc1nc(Cc2ccccc2)sc1C(=O)N[C@H](CC(C)C)C(=O)O. The van der Waals surface area contributed by atoms with Gasteiger partial charge in [-0.25, -0.2) is 9.78 Å². The molecule has 128 valence electrons. The molecule has 24 heavy (non-hydrogen) atoms. The van der Waals surface area contributed by atoms with Crippen molar-refractivity contribution in [3.63, 3.8) is 0 Å². The van der Waals surface area contributed by atoms with Gasteiger partial charge in [0, 0.05) is 6.42 Å². The lowest BCUT2D eigenvalue weighted by Crippen LogP contribution is -2.41. The number of rotatable bonds is 7. The molecule has 0 aliphatic heterocycles. The largest absolute Gasteiger partial charge is 0.480 e. The Morgan fingerprint density at radius 2 is 1.92 bits per heavy atom. The first-order valence-electron chi connectivity index (χ1n) is 7.90. The summed E-state index contributed by atoms with van der Waals surface area (Å²) < 4.78 is 0. The van der Waals surface area contributed by atoms with Crippen LogP contribution in [0.25, 0.3) is 0 Å². The molecule has 0 radical (unpaired) electrons. The van der Waals surface area contributed by atoms with Gasteiger partial charge in [0.1, 0.15) is 10.9 Å². The standard InChI is InChI=1S/C18H22N2O3S/c1-11(2)9-14(18(22)23)20-17(21)16-12(3)19-15(24-16)10-13-7-5-4-6-8-13/h4-8,11,14H,9-10H2,1-3H3,(H,20,21)(H,22,23)/t14-/m1/s1. The number of aryl methyl sites for hydroxylation is 1. The molecule has 1 atom stereocenters. The van der Waals surface area contributed by atoms with Gasteiger partial charge in [0.15, 0.2) is 0 Å². The lowest BCUT2D eigenvalue weighted by molar-refractivity contribution is -0.139. The van der Waals surface area contributed by atoms with Crippen LogP contribution in [0.5, 0.6) is 0 Å². The van der Waals surface area contributed by atoms with Gasteiger partial charge in [0.05, 0.1) is 10.7 Å². The van der Waals surface area contributed by atoms with Crippen LogP contribution in [-0.2, 0) is 11.2 Å². The second-order valence-electron chi connectivity index (χ2n) is 6.18. The summed E-state index contributed by atoms with van der Waals surface area (Å²) in [4.78, 5) is 28.7. The lowest BCUT2D eigenvalue weighted by atomic mass is 10.0. The average molecular weight is 346 g/mol. The highest BCUT2D eigenvalue weighted by molar-refractivity contribution is 7.13. The molecule has 0 aliphatic carbocycles. The number of hydrogen-bond acceptors (Lipinski definition) is 4. The molecule has 2 N–H and O–H groups in total. The molecular weight excluding hydrogens is 324 g/mol. The van der Waals surface area contributed by atoms with Crippen molar-refractivity contribution in [2.45, 2.75) is 39.7 Å². The number of nitrogens with zero attached hydrogens (tertiary/aromatic N) is 1. The number of carbonyl (C=O) groups excluding carboxylic acids is 1. The van der Waals surface area contributed by atoms with Crippen molar-refractivity contribution in [3.05, 3.63) is 51.5 Å². The zero-order chi connectivity index (χ0) is 17.7. The van der Waals surface area contributed by atoms with E-state index in [2.05, 4.69) is 10.3 Å². The number of aromatic nitrogens is 1. The molecule has 5 nitrogen and oxygen atoms in total. The first-order valence-corrected chi connectivity index (χ1v) is 8.72. The Labute approximate surface area is 145 Å². The normalized spacial score (nSPS) is 12.2. The van der Waals surface area contributed by atoms with E-state index in [9.17, 15) is 14.7 Å². The van der Waals surface area contributed by atoms with E-state index < -0.39 is 12.0 Å². The quantitative estimate of drug-likeness (QED) is 0.806. The number of aliphatic carboxylic acids is 1. The van der Waals surface area contributed by atoms with Crippen LogP contribution >= 0.6 is 11.3 Å². The van der Waals surface area contributed by atoms with Gasteiger partial charge in [-0.3, -0.25) is 4.79 Å². The fourth-order valence-electron chi connectivity index (χ4n) is 2.43. The van der Waals surface area contributed by atoms with Crippen molar-refractivity contribution in [2.75, 3.05) is 0 Å². The van der Waals surface area contributed by atoms with Gasteiger partial charge in [-0.05, 0) is 24.8 Å². The maximum Gasteiger partial charge on any atom is 0.326 e. The maximum absolute atomic E-state index is 12.4. The number of hydrogen-bond donors (Lipinski definition) is 2. The highest BCUT2D eigenvalue weighted by atomic mass is 32.1. The first kappa shape index (κ1) is 18.1. The maximum atomic E-state index is 12.4. The van der Waals surface area contributed by atoms with Gasteiger partial charge >= 0.3 is 5.97 Å². The van der Waals surface area contributed by atoms with E-state index in [1.165, 1.54) is 11.3 Å². The zero-order valence-corrected chi connectivity index (χ0v) is 14.9. The molecular formula is C18H22N2O3S. The van der Waals surface area contributed by atoms with Crippen LogP contribution in [0, 0.1) is 12.8 Å². The fraction of sp³-hybridized carbons (Fsp3) is 0.389. The van der Waals surface area contributed by atoms with E-state index in [1.807, 2.05) is 44.2 Å². The van der Waals surface area contributed by atoms with E-state index >= 15 is 0 Å². The molecule has 0 aliphatic rings. The molecule has 0 spiro atoms. The average Bonchev–Trinajstić information content (AvgIpc) is 2.87. The Kier molecular flexibility index (Phi) is 6.09. The first-order chi connectivity index (χ1) is 11.4. The highest BCUT2D eigenvalue weighted by Crippen LogP contribution is 2.21. The summed E-state index contributed by atoms with van der Waals surface area (Å²) in [5.74, 6) is -1.19. The third-order valence-electron chi connectivity index (χ3n) is 3.56.